The Morgan fingerprint density at radius 3 is 2.75 bits per heavy atom. The number of thiophene rings is 1. The van der Waals surface area contributed by atoms with Crippen LogP contribution in [0.3, 0.4) is 0 Å². The lowest BCUT2D eigenvalue weighted by atomic mass is 10.1. The Hall–Kier alpha value is -1.88. The molecule has 0 saturated carbocycles. The molecule has 2 amide bonds. The van der Waals surface area contributed by atoms with Crippen LogP contribution in [0.2, 0.25) is 0 Å². The van der Waals surface area contributed by atoms with E-state index in [0.29, 0.717) is 6.54 Å². The van der Waals surface area contributed by atoms with Gasteiger partial charge in [0.25, 0.3) is 0 Å². The van der Waals surface area contributed by atoms with E-state index < -0.39 is 0 Å². The van der Waals surface area contributed by atoms with E-state index in [1.807, 2.05) is 0 Å². The SMILES string of the molecule is CC(=O)NCC(=O)NCCc1ccc2sc(C)cc2c1. The van der Waals surface area contributed by atoms with Crippen LogP contribution in [-0.4, -0.2) is 24.9 Å². The summed E-state index contributed by atoms with van der Waals surface area (Å²) >= 11 is 1.79. The highest BCUT2D eigenvalue weighted by molar-refractivity contribution is 7.19. The second-order valence-electron chi connectivity index (χ2n) is 4.74. The Bertz CT molecular complexity index is 634. The van der Waals surface area contributed by atoms with E-state index >= 15 is 0 Å². The van der Waals surface area contributed by atoms with Gasteiger partial charge in [0.2, 0.25) is 11.8 Å². The molecule has 4 nitrogen and oxygen atoms in total. The standard InChI is InChI=1S/C15H18N2O2S/c1-10-7-13-8-12(3-4-14(13)20-10)5-6-16-15(19)9-17-11(2)18/h3-4,7-8H,5-6,9H2,1-2H3,(H,16,19)(H,17,18). The van der Waals surface area contributed by atoms with E-state index in [0.717, 1.165) is 6.42 Å². The summed E-state index contributed by atoms with van der Waals surface area (Å²) in [4.78, 5) is 23.4. The lowest BCUT2D eigenvalue weighted by molar-refractivity contribution is -0.125. The van der Waals surface area contributed by atoms with Gasteiger partial charge in [-0.2, -0.15) is 0 Å². The van der Waals surface area contributed by atoms with Gasteiger partial charge in [-0.15, -0.1) is 11.3 Å². The first-order chi connectivity index (χ1) is 9.54. The van der Waals surface area contributed by atoms with Crippen molar-refractivity contribution in [3.8, 4) is 0 Å². The Kier molecular flexibility index (Phi) is 4.74. The summed E-state index contributed by atoms with van der Waals surface area (Å²) in [6.07, 6.45) is 0.788. The minimum atomic E-state index is -0.196. The maximum absolute atomic E-state index is 11.4. The van der Waals surface area contributed by atoms with Crippen molar-refractivity contribution in [1.82, 2.24) is 10.6 Å². The Labute approximate surface area is 122 Å². The molecule has 5 heteroatoms. The van der Waals surface area contributed by atoms with Crippen LogP contribution < -0.4 is 10.6 Å². The van der Waals surface area contributed by atoms with Crippen LogP contribution in [0.1, 0.15) is 17.4 Å². The smallest absolute Gasteiger partial charge is 0.239 e. The van der Waals surface area contributed by atoms with E-state index in [1.54, 1.807) is 11.3 Å². The molecular weight excluding hydrogens is 272 g/mol. The number of rotatable bonds is 5. The van der Waals surface area contributed by atoms with Crippen molar-refractivity contribution < 1.29 is 9.59 Å². The predicted octanol–water partition coefficient (Wildman–Crippen LogP) is 2.00. The molecule has 1 aromatic carbocycles. The molecule has 106 valence electrons. The second kappa shape index (κ2) is 6.52. The maximum atomic E-state index is 11.4. The van der Waals surface area contributed by atoms with E-state index in [2.05, 4.69) is 41.8 Å². The van der Waals surface area contributed by atoms with Crippen molar-refractivity contribution in [2.75, 3.05) is 13.1 Å². The first-order valence-electron chi connectivity index (χ1n) is 6.55. The molecule has 20 heavy (non-hydrogen) atoms. The first-order valence-corrected chi connectivity index (χ1v) is 7.36. The third-order valence-electron chi connectivity index (χ3n) is 2.94. The number of hydrogen-bond acceptors (Lipinski definition) is 3. The minimum absolute atomic E-state index is 0.0398. The first kappa shape index (κ1) is 14.5. The summed E-state index contributed by atoms with van der Waals surface area (Å²) in [6.45, 7) is 4.11. The Morgan fingerprint density at radius 1 is 1.20 bits per heavy atom. The zero-order valence-corrected chi connectivity index (χ0v) is 12.5. The number of hydrogen-bond donors (Lipinski definition) is 2. The number of carbonyl (C=O) groups is 2. The van der Waals surface area contributed by atoms with Crippen LogP contribution in [0, 0.1) is 6.92 Å². The van der Waals surface area contributed by atoms with Gasteiger partial charge < -0.3 is 10.6 Å². The van der Waals surface area contributed by atoms with Gasteiger partial charge in [0.15, 0.2) is 0 Å². The number of fused-ring (bicyclic) bond motifs is 1. The number of aryl methyl sites for hydroxylation is 1. The fraction of sp³-hybridized carbons (Fsp3) is 0.333. The number of benzene rings is 1. The third-order valence-corrected chi connectivity index (χ3v) is 3.97. The van der Waals surface area contributed by atoms with Crippen LogP contribution in [0.15, 0.2) is 24.3 Å². The molecule has 2 rings (SSSR count). The van der Waals surface area contributed by atoms with Gasteiger partial charge in [0, 0.05) is 23.0 Å². The monoisotopic (exact) mass is 290 g/mol. The van der Waals surface area contributed by atoms with Crippen LogP contribution in [0.5, 0.6) is 0 Å². The van der Waals surface area contributed by atoms with Crippen molar-refractivity contribution in [3.63, 3.8) is 0 Å². The molecule has 0 aliphatic carbocycles. The zero-order valence-electron chi connectivity index (χ0n) is 11.7. The fourth-order valence-electron chi connectivity index (χ4n) is 1.99. The van der Waals surface area contributed by atoms with Crippen molar-refractivity contribution >= 4 is 33.2 Å². The van der Waals surface area contributed by atoms with E-state index in [1.165, 1.54) is 27.5 Å². The van der Waals surface area contributed by atoms with Gasteiger partial charge in [-0.05, 0) is 36.4 Å². The molecule has 0 unspecified atom stereocenters. The highest BCUT2D eigenvalue weighted by Gasteiger charge is 2.03. The average molecular weight is 290 g/mol. The Morgan fingerprint density at radius 2 is 2.00 bits per heavy atom. The topological polar surface area (TPSA) is 58.2 Å². The zero-order chi connectivity index (χ0) is 14.5. The molecule has 0 radical (unpaired) electrons. The summed E-state index contributed by atoms with van der Waals surface area (Å²) in [5.74, 6) is -0.355. The van der Waals surface area contributed by atoms with Crippen LogP contribution in [0.25, 0.3) is 10.1 Å². The Balaban J connectivity index is 1.83. The molecule has 0 aliphatic rings. The largest absolute Gasteiger partial charge is 0.354 e. The highest BCUT2D eigenvalue weighted by atomic mass is 32.1. The van der Waals surface area contributed by atoms with Crippen molar-refractivity contribution in [2.24, 2.45) is 0 Å². The molecule has 0 bridgehead atoms. The minimum Gasteiger partial charge on any atom is -0.354 e. The third kappa shape index (κ3) is 4.06. The molecule has 0 atom stereocenters. The van der Waals surface area contributed by atoms with Crippen molar-refractivity contribution in [2.45, 2.75) is 20.3 Å². The molecule has 1 aromatic heterocycles. The quantitative estimate of drug-likeness (QED) is 0.885. The molecule has 2 N–H and O–H groups in total. The summed E-state index contributed by atoms with van der Waals surface area (Å²) in [7, 11) is 0. The van der Waals surface area contributed by atoms with Gasteiger partial charge in [0.1, 0.15) is 0 Å². The van der Waals surface area contributed by atoms with Crippen molar-refractivity contribution in [3.05, 3.63) is 34.7 Å². The van der Waals surface area contributed by atoms with Crippen LogP contribution in [-0.2, 0) is 16.0 Å². The molecule has 2 aromatic rings. The number of nitrogens with one attached hydrogen (secondary N) is 2. The van der Waals surface area contributed by atoms with E-state index in [-0.39, 0.29) is 18.4 Å². The lowest BCUT2D eigenvalue weighted by Crippen LogP contribution is -2.36. The predicted molar refractivity (Wildman–Crippen MR) is 82.0 cm³/mol. The van der Waals surface area contributed by atoms with Gasteiger partial charge in [-0.25, -0.2) is 0 Å². The molecule has 0 aliphatic heterocycles. The number of amides is 2. The summed E-state index contributed by atoms with van der Waals surface area (Å²) in [6, 6.07) is 8.57. The molecule has 0 saturated heterocycles. The highest BCUT2D eigenvalue weighted by Crippen LogP contribution is 2.25. The normalized spacial score (nSPS) is 10.5. The fourth-order valence-corrected chi connectivity index (χ4v) is 2.90. The molecule has 0 spiro atoms. The molecule has 0 fully saturated rings. The lowest BCUT2D eigenvalue weighted by Gasteiger charge is -2.06. The summed E-state index contributed by atoms with van der Waals surface area (Å²) in [5, 5.41) is 6.52. The average Bonchev–Trinajstić information content (AvgIpc) is 2.75. The van der Waals surface area contributed by atoms with E-state index in [9.17, 15) is 9.59 Å². The van der Waals surface area contributed by atoms with Gasteiger partial charge in [-0.3, -0.25) is 9.59 Å². The molecule has 1 heterocycles. The number of carbonyl (C=O) groups excluding carboxylic acids is 2. The summed E-state index contributed by atoms with van der Waals surface area (Å²) in [5.41, 5.74) is 1.20. The van der Waals surface area contributed by atoms with Crippen LogP contribution >= 0.6 is 11.3 Å². The van der Waals surface area contributed by atoms with E-state index in [4.69, 9.17) is 0 Å². The van der Waals surface area contributed by atoms with Gasteiger partial charge >= 0.3 is 0 Å². The second-order valence-corrected chi connectivity index (χ2v) is 6.03. The maximum Gasteiger partial charge on any atom is 0.239 e. The summed E-state index contributed by atoms with van der Waals surface area (Å²) < 4.78 is 1.29. The van der Waals surface area contributed by atoms with Gasteiger partial charge in [0.05, 0.1) is 6.54 Å². The van der Waals surface area contributed by atoms with Gasteiger partial charge in [-0.1, -0.05) is 12.1 Å². The van der Waals surface area contributed by atoms with Crippen LogP contribution in [0.4, 0.5) is 0 Å². The van der Waals surface area contributed by atoms with Crippen molar-refractivity contribution in [1.29, 1.82) is 0 Å². The molecular formula is C15H18N2O2S.